The summed E-state index contributed by atoms with van der Waals surface area (Å²) in [4.78, 5) is 11.8. The zero-order chi connectivity index (χ0) is 15.3. The van der Waals surface area contributed by atoms with Crippen molar-refractivity contribution in [3.63, 3.8) is 0 Å². The number of rotatable bonds is 5. The molecule has 20 heavy (non-hydrogen) atoms. The van der Waals surface area contributed by atoms with Gasteiger partial charge in [0.1, 0.15) is 5.15 Å². The molecule has 0 bridgehead atoms. The van der Waals surface area contributed by atoms with Crippen molar-refractivity contribution in [2.24, 2.45) is 0 Å². The molecular formula is C15H24ClN3O. The molecule has 1 heterocycles. The number of halogens is 1. The van der Waals surface area contributed by atoms with Gasteiger partial charge in [0, 0.05) is 23.7 Å². The van der Waals surface area contributed by atoms with Crippen LogP contribution in [0.25, 0.3) is 6.08 Å². The first-order chi connectivity index (χ1) is 9.24. The molecule has 0 unspecified atom stereocenters. The zero-order valence-electron chi connectivity index (χ0n) is 13.0. The Hall–Kier alpha value is -1.29. The highest BCUT2D eigenvalue weighted by molar-refractivity contribution is 6.31. The average molecular weight is 298 g/mol. The fourth-order valence-corrected chi connectivity index (χ4v) is 2.10. The van der Waals surface area contributed by atoms with Crippen LogP contribution in [0.3, 0.4) is 0 Å². The standard InChI is InChI=1S/C15H24ClN3O/c1-6-7-10-19-14(16)12(11(2)18-19)8-9-13(20)17-15(3,4)5/h8-9H,6-7,10H2,1-5H3,(H,17,20)/b9-8+. The Kier molecular flexibility index (Phi) is 5.81. The van der Waals surface area contributed by atoms with E-state index in [1.54, 1.807) is 10.8 Å². The normalized spacial score (nSPS) is 12.1. The molecule has 0 spiro atoms. The lowest BCUT2D eigenvalue weighted by atomic mass is 10.1. The van der Waals surface area contributed by atoms with Gasteiger partial charge in [-0.25, -0.2) is 0 Å². The topological polar surface area (TPSA) is 46.9 Å². The van der Waals surface area contributed by atoms with Gasteiger partial charge in [-0.05, 0) is 40.2 Å². The third kappa shape index (κ3) is 5.00. The van der Waals surface area contributed by atoms with E-state index in [0.29, 0.717) is 5.15 Å². The molecule has 0 aliphatic rings. The first-order valence-corrected chi connectivity index (χ1v) is 7.35. The van der Waals surface area contributed by atoms with Crippen molar-refractivity contribution in [3.05, 3.63) is 22.5 Å². The van der Waals surface area contributed by atoms with Gasteiger partial charge in [0.2, 0.25) is 5.91 Å². The Morgan fingerprint density at radius 2 is 2.10 bits per heavy atom. The Balaban J connectivity index is 2.82. The molecule has 1 rings (SSSR count). The van der Waals surface area contributed by atoms with Gasteiger partial charge < -0.3 is 5.32 Å². The molecule has 0 aliphatic carbocycles. The summed E-state index contributed by atoms with van der Waals surface area (Å²) in [5.41, 5.74) is 1.41. The predicted molar refractivity (Wildman–Crippen MR) is 83.8 cm³/mol. The Labute approximate surface area is 126 Å². The minimum absolute atomic E-state index is 0.130. The van der Waals surface area contributed by atoms with Crippen LogP contribution < -0.4 is 5.32 Å². The number of hydrogen-bond acceptors (Lipinski definition) is 2. The summed E-state index contributed by atoms with van der Waals surface area (Å²) < 4.78 is 1.79. The zero-order valence-corrected chi connectivity index (χ0v) is 13.7. The van der Waals surface area contributed by atoms with Crippen LogP contribution in [0.5, 0.6) is 0 Å². The average Bonchev–Trinajstić information content (AvgIpc) is 2.57. The van der Waals surface area contributed by atoms with Crippen molar-refractivity contribution in [2.75, 3.05) is 0 Å². The van der Waals surface area contributed by atoms with E-state index in [0.717, 1.165) is 30.6 Å². The molecule has 1 aromatic rings. The monoisotopic (exact) mass is 297 g/mol. The molecule has 0 aliphatic heterocycles. The molecular weight excluding hydrogens is 274 g/mol. The highest BCUT2D eigenvalue weighted by Gasteiger charge is 2.13. The summed E-state index contributed by atoms with van der Waals surface area (Å²) in [6.45, 7) is 10.7. The second-order valence-corrected chi connectivity index (χ2v) is 6.30. The van der Waals surface area contributed by atoms with Gasteiger partial charge >= 0.3 is 0 Å². The van der Waals surface area contributed by atoms with Crippen LogP contribution in [0.15, 0.2) is 6.08 Å². The molecule has 0 saturated heterocycles. The Bertz CT molecular complexity index is 498. The molecule has 4 nitrogen and oxygen atoms in total. The number of hydrogen-bond donors (Lipinski definition) is 1. The Morgan fingerprint density at radius 1 is 1.45 bits per heavy atom. The van der Waals surface area contributed by atoms with E-state index in [4.69, 9.17) is 11.6 Å². The molecule has 0 aromatic carbocycles. The van der Waals surface area contributed by atoms with Gasteiger partial charge in [-0.15, -0.1) is 0 Å². The fourth-order valence-electron chi connectivity index (χ4n) is 1.78. The van der Waals surface area contributed by atoms with Crippen LogP contribution in [0.1, 0.15) is 51.8 Å². The number of aryl methyl sites for hydroxylation is 2. The highest BCUT2D eigenvalue weighted by atomic mass is 35.5. The van der Waals surface area contributed by atoms with Crippen molar-refractivity contribution in [2.45, 2.75) is 59.5 Å². The van der Waals surface area contributed by atoms with E-state index >= 15 is 0 Å². The van der Waals surface area contributed by atoms with Gasteiger partial charge in [0.15, 0.2) is 0 Å². The van der Waals surface area contributed by atoms with Crippen molar-refractivity contribution < 1.29 is 4.79 Å². The third-order valence-corrected chi connectivity index (χ3v) is 3.13. The lowest BCUT2D eigenvalue weighted by Gasteiger charge is -2.18. The largest absolute Gasteiger partial charge is 0.348 e. The SMILES string of the molecule is CCCCn1nc(C)c(/C=C/C(=O)NC(C)(C)C)c1Cl. The molecule has 5 heteroatoms. The highest BCUT2D eigenvalue weighted by Crippen LogP contribution is 2.21. The predicted octanol–water partition coefficient (Wildman–Crippen LogP) is 3.57. The smallest absolute Gasteiger partial charge is 0.244 e. The maximum absolute atomic E-state index is 11.8. The molecule has 0 atom stereocenters. The second-order valence-electron chi connectivity index (χ2n) is 5.94. The fraction of sp³-hybridized carbons (Fsp3) is 0.600. The summed E-state index contributed by atoms with van der Waals surface area (Å²) in [7, 11) is 0. The molecule has 1 aromatic heterocycles. The van der Waals surface area contributed by atoms with Crippen LogP contribution in [0, 0.1) is 6.92 Å². The van der Waals surface area contributed by atoms with Crippen molar-refractivity contribution >= 4 is 23.6 Å². The molecule has 0 saturated carbocycles. The van der Waals surface area contributed by atoms with E-state index in [1.165, 1.54) is 6.08 Å². The lowest BCUT2D eigenvalue weighted by molar-refractivity contribution is -0.117. The number of carbonyl (C=O) groups excluding carboxylic acids is 1. The lowest BCUT2D eigenvalue weighted by Crippen LogP contribution is -2.39. The van der Waals surface area contributed by atoms with Gasteiger partial charge in [0.25, 0.3) is 0 Å². The molecule has 1 N–H and O–H groups in total. The summed E-state index contributed by atoms with van der Waals surface area (Å²) in [5, 5.41) is 7.87. The second kappa shape index (κ2) is 6.93. The minimum Gasteiger partial charge on any atom is -0.348 e. The van der Waals surface area contributed by atoms with E-state index in [9.17, 15) is 4.79 Å². The molecule has 1 amide bonds. The quantitative estimate of drug-likeness (QED) is 0.845. The first-order valence-electron chi connectivity index (χ1n) is 6.97. The first kappa shape index (κ1) is 16.8. The number of nitrogens with zero attached hydrogens (tertiary/aromatic N) is 2. The van der Waals surface area contributed by atoms with E-state index in [2.05, 4.69) is 17.3 Å². The molecule has 112 valence electrons. The number of carbonyl (C=O) groups is 1. The van der Waals surface area contributed by atoms with Crippen molar-refractivity contribution in [1.82, 2.24) is 15.1 Å². The van der Waals surface area contributed by atoms with E-state index in [1.807, 2.05) is 27.7 Å². The van der Waals surface area contributed by atoms with Crippen LogP contribution in [0.4, 0.5) is 0 Å². The summed E-state index contributed by atoms with van der Waals surface area (Å²) >= 11 is 6.30. The van der Waals surface area contributed by atoms with Crippen molar-refractivity contribution in [1.29, 1.82) is 0 Å². The maximum atomic E-state index is 11.8. The third-order valence-electron chi connectivity index (χ3n) is 2.73. The maximum Gasteiger partial charge on any atom is 0.244 e. The van der Waals surface area contributed by atoms with Gasteiger partial charge in [0.05, 0.1) is 5.69 Å². The Morgan fingerprint density at radius 3 is 2.65 bits per heavy atom. The van der Waals surface area contributed by atoms with Crippen LogP contribution in [-0.2, 0) is 11.3 Å². The summed E-state index contributed by atoms with van der Waals surface area (Å²) in [6.07, 6.45) is 5.36. The van der Waals surface area contributed by atoms with E-state index < -0.39 is 0 Å². The van der Waals surface area contributed by atoms with Gasteiger partial charge in [-0.2, -0.15) is 5.10 Å². The van der Waals surface area contributed by atoms with E-state index in [-0.39, 0.29) is 11.4 Å². The number of unbranched alkanes of at least 4 members (excludes halogenated alkanes) is 1. The molecule has 0 radical (unpaired) electrons. The van der Waals surface area contributed by atoms with Crippen LogP contribution in [0.2, 0.25) is 5.15 Å². The number of aromatic nitrogens is 2. The number of nitrogens with one attached hydrogen (secondary N) is 1. The minimum atomic E-state index is -0.244. The van der Waals surface area contributed by atoms with Crippen LogP contribution >= 0.6 is 11.6 Å². The van der Waals surface area contributed by atoms with Crippen LogP contribution in [-0.4, -0.2) is 21.2 Å². The summed E-state index contributed by atoms with van der Waals surface area (Å²) in [6, 6.07) is 0. The molecule has 0 fully saturated rings. The van der Waals surface area contributed by atoms with Gasteiger partial charge in [-0.1, -0.05) is 24.9 Å². The number of amides is 1. The van der Waals surface area contributed by atoms with Gasteiger partial charge in [-0.3, -0.25) is 9.48 Å². The summed E-state index contributed by atoms with van der Waals surface area (Å²) in [5.74, 6) is -0.130. The van der Waals surface area contributed by atoms with Crippen molar-refractivity contribution in [3.8, 4) is 0 Å².